The van der Waals surface area contributed by atoms with Gasteiger partial charge in [-0.05, 0) is 30.3 Å². The second-order valence-corrected chi connectivity index (χ2v) is 5.27. The minimum Gasteiger partial charge on any atom is -0.354 e. The Morgan fingerprint density at radius 3 is 2.60 bits per heavy atom. The van der Waals surface area contributed by atoms with E-state index in [1.165, 1.54) is 6.07 Å². The lowest BCUT2D eigenvalue weighted by Gasteiger charge is -2.12. The normalized spacial score (nSPS) is 10.3. The zero-order valence-corrected chi connectivity index (χ0v) is 11.7. The van der Waals surface area contributed by atoms with Crippen molar-refractivity contribution in [1.29, 1.82) is 5.26 Å². The molecule has 0 aliphatic heterocycles. The number of anilines is 2. The lowest BCUT2D eigenvalue weighted by atomic mass is 10.2. The number of thioether (sulfide) groups is 1. The molecule has 0 radical (unpaired) electrons. The molecular weight excluding hydrogens is 302 g/mol. The van der Waals surface area contributed by atoms with Crippen LogP contribution in [0.2, 0.25) is 5.02 Å². The van der Waals surface area contributed by atoms with Crippen molar-refractivity contribution in [2.75, 3.05) is 5.32 Å². The van der Waals surface area contributed by atoms with Crippen molar-refractivity contribution >= 4 is 34.7 Å². The molecule has 2 aromatic rings. The van der Waals surface area contributed by atoms with Crippen LogP contribution < -0.4 is 5.32 Å². The van der Waals surface area contributed by atoms with Crippen molar-refractivity contribution in [3.63, 3.8) is 0 Å². The van der Waals surface area contributed by atoms with E-state index in [-0.39, 0.29) is 0 Å². The molecule has 0 bridgehead atoms. The van der Waals surface area contributed by atoms with E-state index in [4.69, 9.17) is 16.9 Å². The van der Waals surface area contributed by atoms with Crippen LogP contribution in [0.5, 0.6) is 0 Å². The standard InChI is InChI=1S/C14H9ClF2N2S/c15-10-5-6-11(9(7-10)8-18)19-12-3-1-2-4-13(12)20-14(16)17/h1-7,14,19H. The van der Waals surface area contributed by atoms with Crippen LogP contribution in [0, 0.1) is 11.3 Å². The molecule has 0 atom stereocenters. The van der Waals surface area contributed by atoms with E-state index in [1.54, 1.807) is 36.4 Å². The SMILES string of the molecule is N#Cc1cc(Cl)ccc1Nc1ccccc1SC(F)F. The zero-order chi connectivity index (χ0) is 14.5. The van der Waals surface area contributed by atoms with E-state index in [9.17, 15) is 8.78 Å². The van der Waals surface area contributed by atoms with Crippen LogP contribution in [0.1, 0.15) is 5.56 Å². The minimum atomic E-state index is -2.50. The van der Waals surface area contributed by atoms with Crippen LogP contribution in [0.25, 0.3) is 0 Å². The molecular formula is C14H9ClF2N2S. The van der Waals surface area contributed by atoms with Crippen LogP contribution >= 0.6 is 23.4 Å². The van der Waals surface area contributed by atoms with Gasteiger partial charge in [0.1, 0.15) is 6.07 Å². The molecule has 6 heteroatoms. The Kier molecular flexibility index (Phi) is 4.83. The van der Waals surface area contributed by atoms with Gasteiger partial charge in [0.05, 0.1) is 16.9 Å². The average molecular weight is 311 g/mol. The van der Waals surface area contributed by atoms with Crippen molar-refractivity contribution in [2.45, 2.75) is 10.7 Å². The molecule has 0 unspecified atom stereocenters. The number of nitriles is 1. The van der Waals surface area contributed by atoms with Crippen molar-refractivity contribution in [2.24, 2.45) is 0 Å². The highest BCUT2D eigenvalue weighted by molar-refractivity contribution is 7.99. The number of halogens is 3. The van der Waals surface area contributed by atoms with Gasteiger partial charge in [0.25, 0.3) is 5.76 Å². The Hall–Kier alpha value is -1.77. The predicted octanol–water partition coefficient (Wildman–Crippen LogP) is 5.27. The third-order valence-corrected chi connectivity index (χ3v) is 3.50. The van der Waals surface area contributed by atoms with Crippen molar-refractivity contribution in [3.8, 4) is 6.07 Å². The Balaban J connectivity index is 2.33. The molecule has 2 rings (SSSR count). The fourth-order valence-electron chi connectivity index (χ4n) is 1.63. The number of alkyl halides is 2. The van der Waals surface area contributed by atoms with Gasteiger partial charge >= 0.3 is 0 Å². The first-order chi connectivity index (χ1) is 9.60. The third kappa shape index (κ3) is 3.62. The van der Waals surface area contributed by atoms with E-state index in [0.29, 0.717) is 38.6 Å². The van der Waals surface area contributed by atoms with E-state index in [1.807, 2.05) is 6.07 Å². The summed E-state index contributed by atoms with van der Waals surface area (Å²) in [5.74, 6) is -2.50. The van der Waals surface area contributed by atoms with Crippen molar-refractivity contribution < 1.29 is 8.78 Å². The van der Waals surface area contributed by atoms with Gasteiger partial charge in [-0.3, -0.25) is 0 Å². The molecule has 0 amide bonds. The van der Waals surface area contributed by atoms with Crippen LogP contribution in [0.15, 0.2) is 47.4 Å². The van der Waals surface area contributed by atoms with E-state index in [2.05, 4.69) is 5.32 Å². The topological polar surface area (TPSA) is 35.8 Å². The summed E-state index contributed by atoms with van der Waals surface area (Å²) in [6, 6.07) is 13.5. The largest absolute Gasteiger partial charge is 0.354 e. The fraction of sp³-hybridized carbons (Fsp3) is 0.0714. The maximum absolute atomic E-state index is 12.5. The molecule has 0 spiro atoms. The van der Waals surface area contributed by atoms with Crippen LogP contribution in [-0.4, -0.2) is 5.76 Å². The second-order valence-electron chi connectivity index (χ2n) is 3.80. The van der Waals surface area contributed by atoms with Crippen LogP contribution in [0.3, 0.4) is 0 Å². The highest BCUT2D eigenvalue weighted by Gasteiger charge is 2.11. The van der Waals surface area contributed by atoms with Gasteiger partial charge in [-0.1, -0.05) is 35.5 Å². The molecule has 0 aliphatic rings. The predicted molar refractivity (Wildman–Crippen MR) is 77.8 cm³/mol. The van der Waals surface area contributed by atoms with Gasteiger partial charge in [0.15, 0.2) is 0 Å². The summed E-state index contributed by atoms with van der Waals surface area (Å²) in [4.78, 5) is 0.418. The Bertz CT molecular complexity index is 656. The molecule has 1 N–H and O–H groups in total. The smallest absolute Gasteiger partial charge is 0.288 e. The number of para-hydroxylation sites is 1. The molecule has 2 aromatic carbocycles. The van der Waals surface area contributed by atoms with Crippen LogP contribution in [-0.2, 0) is 0 Å². The fourth-order valence-corrected chi connectivity index (χ4v) is 2.40. The van der Waals surface area contributed by atoms with E-state index < -0.39 is 5.76 Å². The van der Waals surface area contributed by atoms with Crippen molar-refractivity contribution in [3.05, 3.63) is 53.1 Å². The van der Waals surface area contributed by atoms with Gasteiger partial charge in [-0.2, -0.15) is 14.0 Å². The molecule has 0 saturated carbocycles. The summed E-state index contributed by atoms with van der Waals surface area (Å²) in [7, 11) is 0. The highest BCUT2D eigenvalue weighted by atomic mass is 35.5. The average Bonchev–Trinajstić information content (AvgIpc) is 2.42. The molecule has 0 fully saturated rings. The first-order valence-corrected chi connectivity index (χ1v) is 6.86. The first-order valence-electron chi connectivity index (χ1n) is 5.60. The number of nitrogens with zero attached hydrogens (tertiary/aromatic N) is 1. The number of nitrogens with one attached hydrogen (secondary N) is 1. The van der Waals surface area contributed by atoms with Gasteiger partial charge < -0.3 is 5.32 Å². The second kappa shape index (κ2) is 6.60. The summed E-state index contributed by atoms with van der Waals surface area (Å²) in [5, 5.41) is 12.5. The van der Waals surface area contributed by atoms with Gasteiger partial charge in [-0.25, -0.2) is 0 Å². The first kappa shape index (κ1) is 14.6. The highest BCUT2D eigenvalue weighted by Crippen LogP contribution is 2.34. The van der Waals surface area contributed by atoms with Gasteiger partial charge in [0.2, 0.25) is 0 Å². The lowest BCUT2D eigenvalue weighted by molar-refractivity contribution is 0.252. The molecule has 0 heterocycles. The Morgan fingerprint density at radius 1 is 1.15 bits per heavy atom. The van der Waals surface area contributed by atoms with Gasteiger partial charge in [0, 0.05) is 9.92 Å². The molecule has 0 saturated heterocycles. The summed E-state index contributed by atoms with van der Waals surface area (Å²) < 4.78 is 25.0. The number of hydrogen-bond acceptors (Lipinski definition) is 3. The maximum atomic E-state index is 12.5. The van der Waals surface area contributed by atoms with E-state index >= 15 is 0 Å². The minimum absolute atomic E-state index is 0.356. The van der Waals surface area contributed by atoms with Crippen LogP contribution in [0.4, 0.5) is 20.2 Å². The van der Waals surface area contributed by atoms with Crippen molar-refractivity contribution in [1.82, 2.24) is 0 Å². The molecule has 0 aromatic heterocycles. The molecule has 0 aliphatic carbocycles. The Morgan fingerprint density at radius 2 is 1.90 bits per heavy atom. The summed E-state index contributed by atoms with van der Waals surface area (Å²) in [6.07, 6.45) is 0. The number of hydrogen-bond donors (Lipinski definition) is 1. The maximum Gasteiger partial charge on any atom is 0.288 e. The van der Waals surface area contributed by atoms with Gasteiger partial charge in [-0.15, -0.1) is 0 Å². The number of benzene rings is 2. The summed E-state index contributed by atoms with van der Waals surface area (Å²) >= 11 is 6.27. The summed E-state index contributed by atoms with van der Waals surface area (Å²) in [6.45, 7) is 0. The Labute approximate surface area is 124 Å². The summed E-state index contributed by atoms with van der Waals surface area (Å²) in [5.41, 5.74) is 1.41. The molecule has 20 heavy (non-hydrogen) atoms. The molecule has 102 valence electrons. The monoisotopic (exact) mass is 310 g/mol. The zero-order valence-electron chi connectivity index (χ0n) is 10.1. The lowest BCUT2D eigenvalue weighted by Crippen LogP contribution is -1.96. The number of rotatable bonds is 4. The quantitative estimate of drug-likeness (QED) is 0.781. The van der Waals surface area contributed by atoms with E-state index in [0.717, 1.165) is 0 Å². The molecule has 2 nitrogen and oxygen atoms in total. The third-order valence-electron chi connectivity index (χ3n) is 2.47.